The Kier molecular flexibility index (Phi) is 4.94. The summed E-state index contributed by atoms with van der Waals surface area (Å²) in [5.74, 6) is -1.82. The third kappa shape index (κ3) is 4.41. The Hall–Kier alpha value is -1.40. The predicted molar refractivity (Wildman–Crippen MR) is 54.7 cm³/mol. The van der Waals surface area contributed by atoms with Crippen molar-refractivity contribution < 1.29 is 24.2 Å². The molecule has 90 valence electrons. The number of hydrogen-bond donors (Lipinski definition) is 1. The second kappa shape index (κ2) is 6.24. The van der Waals surface area contributed by atoms with Crippen LogP contribution in [0, 0.1) is 0 Å². The van der Waals surface area contributed by atoms with Crippen LogP contribution in [0.2, 0.25) is 0 Å². The zero-order valence-corrected chi connectivity index (χ0v) is 9.09. The lowest BCUT2D eigenvalue weighted by atomic mass is 10.4. The van der Waals surface area contributed by atoms with Crippen molar-refractivity contribution in [3.8, 4) is 0 Å². The van der Waals surface area contributed by atoms with E-state index in [0.29, 0.717) is 26.3 Å². The molecule has 1 aliphatic rings. The molecule has 0 radical (unpaired) electrons. The third-order valence-electron chi connectivity index (χ3n) is 2.21. The molecule has 6 nitrogen and oxygen atoms in total. The Morgan fingerprint density at radius 1 is 1.38 bits per heavy atom. The number of hydrogen-bond acceptors (Lipinski definition) is 5. The van der Waals surface area contributed by atoms with Crippen molar-refractivity contribution in [1.29, 1.82) is 0 Å². The monoisotopic (exact) mass is 229 g/mol. The van der Waals surface area contributed by atoms with Crippen LogP contribution in [0.15, 0.2) is 12.2 Å². The highest BCUT2D eigenvalue weighted by atomic mass is 16.6. The molecule has 0 spiro atoms. The summed E-state index contributed by atoms with van der Waals surface area (Å²) in [6.07, 6.45) is 1.29. The van der Waals surface area contributed by atoms with Crippen molar-refractivity contribution in [2.75, 3.05) is 26.3 Å². The van der Waals surface area contributed by atoms with E-state index in [9.17, 15) is 9.59 Å². The molecule has 0 amide bonds. The minimum Gasteiger partial charge on any atom is -0.478 e. The summed E-state index contributed by atoms with van der Waals surface area (Å²) in [4.78, 5) is 23.3. The molecular weight excluding hydrogens is 214 g/mol. The first-order valence-electron chi connectivity index (χ1n) is 5.03. The zero-order valence-electron chi connectivity index (χ0n) is 9.09. The van der Waals surface area contributed by atoms with Gasteiger partial charge in [-0.3, -0.25) is 4.90 Å². The van der Waals surface area contributed by atoms with Gasteiger partial charge in [-0.05, 0) is 6.92 Å². The molecule has 0 aromatic heterocycles. The Balaban J connectivity index is 2.34. The molecular formula is C10H15NO5. The third-order valence-corrected chi connectivity index (χ3v) is 2.21. The van der Waals surface area contributed by atoms with E-state index in [0.717, 1.165) is 12.2 Å². The van der Waals surface area contributed by atoms with Crippen LogP contribution in [0.5, 0.6) is 0 Å². The van der Waals surface area contributed by atoms with Crippen LogP contribution in [-0.2, 0) is 19.1 Å². The molecule has 1 N–H and O–H groups in total. The lowest BCUT2D eigenvalue weighted by molar-refractivity contribution is -0.155. The van der Waals surface area contributed by atoms with Crippen LogP contribution < -0.4 is 0 Å². The summed E-state index contributed by atoms with van der Waals surface area (Å²) < 4.78 is 10.2. The van der Waals surface area contributed by atoms with Crippen molar-refractivity contribution in [2.45, 2.75) is 13.2 Å². The largest absolute Gasteiger partial charge is 0.478 e. The zero-order chi connectivity index (χ0) is 12.0. The van der Waals surface area contributed by atoms with E-state index >= 15 is 0 Å². The van der Waals surface area contributed by atoms with E-state index in [1.165, 1.54) is 0 Å². The Morgan fingerprint density at radius 2 is 2.00 bits per heavy atom. The number of esters is 1. The highest BCUT2D eigenvalue weighted by Gasteiger charge is 2.19. The number of nitrogens with zero attached hydrogens (tertiary/aromatic N) is 1. The summed E-state index contributed by atoms with van der Waals surface area (Å²) in [6.45, 7) is 4.39. The number of carboxylic acid groups (broad SMARTS) is 1. The molecule has 1 aliphatic heterocycles. The number of morpholine rings is 1. The van der Waals surface area contributed by atoms with Gasteiger partial charge < -0.3 is 14.6 Å². The summed E-state index contributed by atoms with van der Waals surface area (Å²) in [5.41, 5.74) is 0. The van der Waals surface area contributed by atoms with E-state index in [2.05, 4.69) is 0 Å². The van der Waals surface area contributed by atoms with Gasteiger partial charge in [0.1, 0.15) is 0 Å². The minimum atomic E-state index is -1.17. The highest BCUT2D eigenvalue weighted by Crippen LogP contribution is 2.05. The van der Waals surface area contributed by atoms with E-state index < -0.39 is 11.9 Å². The molecule has 6 heteroatoms. The maximum absolute atomic E-state index is 11.2. The first-order valence-corrected chi connectivity index (χ1v) is 5.03. The Bertz CT molecular complexity index is 283. The highest BCUT2D eigenvalue weighted by molar-refractivity contribution is 5.90. The Morgan fingerprint density at radius 3 is 2.56 bits per heavy atom. The van der Waals surface area contributed by atoms with E-state index in [1.807, 2.05) is 4.90 Å². The molecule has 0 saturated carbocycles. The summed E-state index contributed by atoms with van der Waals surface area (Å²) >= 11 is 0. The van der Waals surface area contributed by atoms with Gasteiger partial charge in [-0.2, -0.15) is 0 Å². The van der Waals surface area contributed by atoms with Gasteiger partial charge in [0.2, 0.25) is 0 Å². The number of aliphatic carboxylic acids is 1. The standard InChI is InChI=1S/C10H15NO5/c1-8(11-4-6-15-7-5-11)16-10(14)3-2-9(12)13/h2-3,8H,4-7H2,1H3,(H,12,13)/b3-2+. The SMILES string of the molecule is CC(OC(=O)/C=C/C(=O)O)N1CCOCC1. The predicted octanol–water partition coefficient (Wildman–Crippen LogP) is -0.151. The molecule has 1 unspecified atom stereocenters. The van der Waals surface area contributed by atoms with Crippen LogP contribution in [0.25, 0.3) is 0 Å². The topological polar surface area (TPSA) is 76.1 Å². The van der Waals surface area contributed by atoms with Crippen LogP contribution >= 0.6 is 0 Å². The van der Waals surface area contributed by atoms with Gasteiger partial charge in [-0.1, -0.05) is 0 Å². The van der Waals surface area contributed by atoms with Gasteiger partial charge in [0.15, 0.2) is 6.23 Å². The van der Waals surface area contributed by atoms with E-state index in [-0.39, 0.29) is 6.23 Å². The van der Waals surface area contributed by atoms with Crippen molar-refractivity contribution >= 4 is 11.9 Å². The average molecular weight is 229 g/mol. The van der Waals surface area contributed by atoms with Crippen LogP contribution in [0.4, 0.5) is 0 Å². The second-order valence-electron chi connectivity index (χ2n) is 3.36. The summed E-state index contributed by atoms with van der Waals surface area (Å²) in [6, 6.07) is 0. The fourth-order valence-corrected chi connectivity index (χ4v) is 1.36. The van der Waals surface area contributed by atoms with Gasteiger partial charge in [-0.25, -0.2) is 9.59 Å². The normalized spacial score (nSPS) is 19.6. The quantitative estimate of drug-likeness (QED) is 0.533. The number of carbonyl (C=O) groups excluding carboxylic acids is 1. The fourth-order valence-electron chi connectivity index (χ4n) is 1.36. The van der Waals surface area contributed by atoms with Gasteiger partial charge in [0.05, 0.1) is 13.2 Å². The number of carboxylic acids is 1. The molecule has 1 rings (SSSR count). The second-order valence-corrected chi connectivity index (χ2v) is 3.36. The van der Waals surface area contributed by atoms with Crippen molar-refractivity contribution in [1.82, 2.24) is 4.90 Å². The fraction of sp³-hybridized carbons (Fsp3) is 0.600. The molecule has 0 aromatic carbocycles. The Labute approximate surface area is 93.4 Å². The lowest BCUT2D eigenvalue weighted by Crippen LogP contribution is -2.44. The number of ether oxygens (including phenoxy) is 2. The molecule has 1 saturated heterocycles. The van der Waals surface area contributed by atoms with Crippen molar-refractivity contribution in [3.05, 3.63) is 12.2 Å². The average Bonchev–Trinajstić information content (AvgIpc) is 2.27. The molecule has 0 aromatic rings. The van der Waals surface area contributed by atoms with E-state index in [1.54, 1.807) is 6.92 Å². The van der Waals surface area contributed by atoms with E-state index in [4.69, 9.17) is 14.6 Å². The maximum atomic E-state index is 11.2. The molecule has 0 bridgehead atoms. The van der Waals surface area contributed by atoms with Crippen LogP contribution in [0.1, 0.15) is 6.92 Å². The molecule has 1 heterocycles. The van der Waals surface area contributed by atoms with Crippen LogP contribution in [-0.4, -0.2) is 54.5 Å². The van der Waals surface area contributed by atoms with Crippen LogP contribution in [0.3, 0.4) is 0 Å². The lowest BCUT2D eigenvalue weighted by Gasteiger charge is -2.31. The molecule has 1 atom stereocenters. The first kappa shape index (κ1) is 12.7. The number of rotatable bonds is 4. The number of carbonyl (C=O) groups is 2. The van der Waals surface area contributed by atoms with Gasteiger partial charge in [0.25, 0.3) is 0 Å². The maximum Gasteiger partial charge on any atom is 0.332 e. The summed E-state index contributed by atoms with van der Waals surface area (Å²) in [5, 5.41) is 8.32. The molecule has 0 aliphatic carbocycles. The smallest absolute Gasteiger partial charge is 0.332 e. The molecule has 1 fully saturated rings. The van der Waals surface area contributed by atoms with Gasteiger partial charge in [0, 0.05) is 25.2 Å². The first-order chi connectivity index (χ1) is 7.59. The summed E-state index contributed by atoms with van der Waals surface area (Å²) in [7, 11) is 0. The van der Waals surface area contributed by atoms with Gasteiger partial charge >= 0.3 is 11.9 Å². The van der Waals surface area contributed by atoms with Crippen molar-refractivity contribution in [2.24, 2.45) is 0 Å². The minimum absolute atomic E-state index is 0.366. The van der Waals surface area contributed by atoms with Crippen molar-refractivity contribution in [3.63, 3.8) is 0 Å². The molecule has 16 heavy (non-hydrogen) atoms. The van der Waals surface area contributed by atoms with Gasteiger partial charge in [-0.15, -0.1) is 0 Å².